The molecule has 0 spiro atoms. The molecule has 2 aromatic carbocycles. The van der Waals surface area contributed by atoms with E-state index >= 15 is 0 Å². The topological polar surface area (TPSA) is 131 Å². The first-order valence-electron chi connectivity index (χ1n) is 13.8. The zero-order valence-corrected chi connectivity index (χ0v) is 24.4. The molecular weight excluding hydrogens is 532 g/mol. The van der Waals surface area contributed by atoms with Gasteiger partial charge in [-0.15, -0.1) is 0 Å². The average molecular weight is 569 g/mol. The Hall–Kier alpha value is -4.90. The number of nitrogens with zero attached hydrogens (tertiary/aromatic N) is 5. The number of ether oxygens (including phenoxy) is 1. The van der Waals surface area contributed by atoms with Crippen LogP contribution < -0.4 is 26.0 Å². The van der Waals surface area contributed by atoms with Gasteiger partial charge in [0.1, 0.15) is 5.75 Å². The molecule has 0 saturated carbocycles. The molecule has 2 amide bonds. The van der Waals surface area contributed by atoms with Gasteiger partial charge < -0.3 is 35.5 Å². The second-order valence-corrected chi connectivity index (χ2v) is 10.6. The number of nitrogens with one attached hydrogen (secondary N) is 2. The molecule has 0 atom stereocenters. The Morgan fingerprint density at radius 2 is 2.00 bits per heavy atom. The molecule has 0 saturated heterocycles. The molecule has 0 unspecified atom stereocenters. The van der Waals surface area contributed by atoms with E-state index in [9.17, 15) is 9.59 Å². The third-order valence-corrected chi connectivity index (χ3v) is 7.44. The number of aromatic nitrogens is 3. The summed E-state index contributed by atoms with van der Waals surface area (Å²) in [7, 11) is 7.53. The lowest BCUT2D eigenvalue weighted by molar-refractivity contribution is -0.111. The molecule has 218 valence electrons. The maximum atomic E-state index is 12.5. The van der Waals surface area contributed by atoms with Crippen LogP contribution in [-0.4, -0.2) is 72.6 Å². The molecule has 1 aliphatic heterocycles. The molecular formula is C31H36N8O3. The van der Waals surface area contributed by atoms with Crippen molar-refractivity contribution >= 4 is 45.7 Å². The van der Waals surface area contributed by atoms with Crippen LogP contribution in [0.5, 0.6) is 5.75 Å². The predicted molar refractivity (Wildman–Crippen MR) is 167 cm³/mol. The summed E-state index contributed by atoms with van der Waals surface area (Å²) in [6.07, 6.45) is 6.75. The summed E-state index contributed by atoms with van der Waals surface area (Å²) in [5.41, 5.74) is 11.6. The molecule has 0 bridgehead atoms. The first-order chi connectivity index (χ1) is 20.2. The third-order valence-electron chi connectivity index (χ3n) is 7.44. The summed E-state index contributed by atoms with van der Waals surface area (Å²) >= 11 is 0. The number of amides is 2. The van der Waals surface area contributed by atoms with Crippen molar-refractivity contribution in [1.29, 1.82) is 0 Å². The summed E-state index contributed by atoms with van der Waals surface area (Å²) in [6.45, 7) is 6.00. The zero-order valence-electron chi connectivity index (χ0n) is 24.4. The molecule has 4 aromatic rings. The fraction of sp³-hybridized carbons (Fsp3) is 0.290. The molecule has 1 aliphatic rings. The Morgan fingerprint density at radius 3 is 2.71 bits per heavy atom. The monoisotopic (exact) mass is 568 g/mol. The van der Waals surface area contributed by atoms with Crippen molar-refractivity contribution in [2.75, 3.05) is 56.9 Å². The highest BCUT2D eigenvalue weighted by Crippen LogP contribution is 2.39. The van der Waals surface area contributed by atoms with Gasteiger partial charge in [0.15, 0.2) is 0 Å². The number of likely N-dealkylation sites (N-methyl/N-ethyl adjacent to an activating group) is 2. The van der Waals surface area contributed by atoms with E-state index in [1.54, 1.807) is 13.2 Å². The van der Waals surface area contributed by atoms with E-state index in [0.29, 0.717) is 22.8 Å². The summed E-state index contributed by atoms with van der Waals surface area (Å²) in [4.78, 5) is 38.1. The predicted octanol–water partition coefficient (Wildman–Crippen LogP) is 4.02. The SMILES string of the molecule is C=CC(=O)Nc1cc(Nc2ncc(C(N)=O)c(-c3cn4c5c(cccc35)CCC4)n2)c(OC)cc1N(C)CCN(C)C. The highest BCUT2D eigenvalue weighted by molar-refractivity contribution is 6.05. The van der Waals surface area contributed by atoms with Crippen molar-refractivity contribution in [2.45, 2.75) is 19.4 Å². The van der Waals surface area contributed by atoms with E-state index in [1.807, 2.05) is 50.4 Å². The summed E-state index contributed by atoms with van der Waals surface area (Å²) in [6, 6.07) is 9.83. The lowest BCUT2D eigenvalue weighted by Gasteiger charge is -2.26. The summed E-state index contributed by atoms with van der Waals surface area (Å²) < 4.78 is 7.94. The lowest BCUT2D eigenvalue weighted by Crippen LogP contribution is -2.29. The van der Waals surface area contributed by atoms with Crippen LogP contribution in [-0.2, 0) is 17.8 Å². The molecule has 11 nitrogen and oxygen atoms in total. The second-order valence-electron chi connectivity index (χ2n) is 10.6. The molecule has 0 radical (unpaired) electrons. The van der Waals surface area contributed by atoms with E-state index in [0.717, 1.165) is 54.6 Å². The smallest absolute Gasteiger partial charge is 0.252 e. The van der Waals surface area contributed by atoms with Crippen LogP contribution in [0.25, 0.3) is 22.2 Å². The second kappa shape index (κ2) is 11.9. The number of hydrogen-bond donors (Lipinski definition) is 3. The van der Waals surface area contributed by atoms with Crippen molar-refractivity contribution in [3.8, 4) is 17.0 Å². The number of aryl methyl sites for hydroxylation is 2. The van der Waals surface area contributed by atoms with E-state index in [2.05, 4.69) is 37.7 Å². The Kier molecular flexibility index (Phi) is 8.12. The minimum absolute atomic E-state index is 0.230. The number of rotatable bonds is 11. The van der Waals surface area contributed by atoms with Gasteiger partial charge in [-0.3, -0.25) is 9.59 Å². The van der Waals surface area contributed by atoms with Crippen LogP contribution in [0, 0.1) is 0 Å². The van der Waals surface area contributed by atoms with E-state index in [-0.39, 0.29) is 17.4 Å². The Bertz CT molecular complexity index is 1680. The van der Waals surface area contributed by atoms with Crippen LogP contribution in [0.1, 0.15) is 22.3 Å². The van der Waals surface area contributed by atoms with Crippen molar-refractivity contribution < 1.29 is 14.3 Å². The van der Waals surface area contributed by atoms with Crippen LogP contribution in [0.15, 0.2) is 55.4 Å². The number of carbonyl (C=O) groups excluding carboxylic acids is 2. The van der Waals surface area contributed by atoms with Crippen LogP contribution in [0.4, 0.5) is 23.0 Å². The normalized spacial score (nSPS) is 12.3. The number of hydrogen-bond acceptors (Lipinski definition) is 8. The number of carbonyl (C=O) groups is 2. The van der Waals surface area contributed by atoms with Gasteiger partial charge in [-0.05, 0) is 44.6 Å². The number of methoxy groups -OCH3 is 1. The molecule has 4 N–H and O–H groups in total. The molecule has 3 heterocycles. The van der Waals surface area contributed by atoms with Crippen LogP contribution >= 0.6 is 0 Å². The number of para-hydroxylation sites is 1. The molecule has 0 aliphatic carbocycles. The highest BCUT2D eigenvalue weighted by atomic mass is 16.5. The number of nitrogens with two attached hydrogens (primary N) is 1. The number of anilines is 4. The molecule has 0 fully saturated rings. The minimum atomic E-state index is -0.611. The van der Waals surface area contributed by atoms with Gasteiger partial charge in [-0.2, -0.15) is 0 Å². The van der Waals surface area contributed by atoms with Crippen molar-refractivity contribution in [3.05, 3.63) is 66.5 Å². The van der Waals surface area contributed by atoms with Crippen molar-refractivity contribution in [2.24, 2.45) is 5.73 Å². The quantitative estimate of drug-likeness (QED) is 0.231. The highest BCUT2D eigenvalue weighted by Gasteiger charge is 2.23. The van der Waals surface area contributed by atoms with Gasteiger partial charge in [0.05, 0.1) is 40.9 Å². The first-order valence-corrected chi connectivity index (χ1v) is 13.8. The largest absolute Gasteiger partial charge is 0.494 e. The van der Waals surface area contributed by atoms with Crippen LogP contribution in [0.3, 0.4) is 0 Å². The number of primary amides is 1. The fourth-order valence-corrected chi connectivity index (χ4v) is 5.30. The van der Waals surface area contributed by atoms with E-state index < -0.39 is 5.91 Å². The Balaban J connectivity index is 1.58. The van der Waals surface area contributed by atoms with Gasteiger partial charge in [-0.1, -0.05) is 24.8 Å². The lowest BCUT2D eigenvalue weighted by atomic mass is 10.0. The molecule has 11 heteroatoms. The maximum absolute atomic E-state index is 12.5. The fourth-order valence-electron chi connectivity index (χ4n) is 5.30. The summed E-state index contributed by atoms with van der Waals surface area (Å²) in [5.74, 6) is -0.184. The van der Waals surface area contributed by atoms with E-state index in [4.69, 9.17) is 15.5 Å². The van der Waals surface area contributed by atoms with Crippen molar-refractivity contribution in [1.82, 2.24) is 19.4 Å². The van der Waals surface area contributed by atoms with Crippen LogP contribution in [0.2, 0.25) is 0 Å². The van der Waals surface area contributed by atoms with Gasteiger partial charge in [0.2, 0.25) is 11.9 Å². The molecule has 5 rings (SSSR count). The van der Waals surface area contributed by atoms with Crippen molar-refractivity contribution in [3.63, 3.8) is 0 Å². The average Bonchev–Trinajstić information content (AvgIpc) is 3.36. The Labute approximate surface area is 245 Å². The molecule has 42 heavy (non-hydrogen) atoms. The van der Waals surface area contributed by atoms with Gasteiger partial charge in [-0.25, -0.2) is 9.97 Å². The minimum Gasteiger partial charge on any atom is -0.494 e. The zero-order chi connectivity index (χ0) is 30.0. The third kappa shape index (κ3) is 5.64. The summed E-state index contributed by atoms with van der Waals surface area (Å²) in [5, 5.41) is 7.14. The van der Waals surface area contributed by atoms with Gasteiger partial charge in [0, 0.05) is 56.1 Å². The Morgan fingerprint density at radius 1 is 1.19 bits per heavy atom. The van der Waals surface area contributed by atoms with Gasteiger partial charge >= 0.3 is 0 Å². The van der Waals surface area contributed by atoms with E-state index in [1.165, 1.54) is 17.8 Å². The standard InChI is InChI=1S/C31H36N8O3/c1-6-27(40)34-23-15-24(26(42-5)16-25(23)38(4)14-13-37(2)3)35-31-33-17-21(30(32)41)28(36-31)22-18-39-12-8-10-19-9-7-11-20(22)29(19)39/h6-7,9,11,15-18H,1,8,10,12-14H2,2-5H3,(H2,32,41)(H,34,40)(H,33,35,36). The number of benzene rings is 2. The van der Waals surface area contributed by atoms with Gasteiger partial charge in [0.25, 0.3) is 5.91 Å². The maximum Gasteiger partial charge on any atom is 0.252 e. The molecule has 2 aromatic heterocycles. The first kappa shape index (κ1) is 28.6.